The van der Waals surface area contributed by atoms with E-state index in [-0.39, 0.29) is 5.75 Å². The number of phenols is 1. The zero-order chi connectivity index (χ0) is 15.2. The first-order valence-electron chi connectivity index (χ1n) is 6.12. The molecule has 3 N–H and O–H groups in total. The second-order valence-corrected chi connectivity index (χ2v) is 5.42. The molecule has 0 radical (unpaired) electrons. The standard InChI is InChI=1S/C15H13IN2O3/c16-12-8-10(6-7-13(12)19)9-17-18-15(21)14(20)11-4-2-1-3-5-11/h1-9,14,19-20H,(H,18,21)/b17-9+. The molecule has 1 amide bonds. The Balaban J connectivity index is 1.97. The van der Waals surface area contributed by atoms with Crippen LogP contribution in [0.1, 0.15) is 17.2 Å². The van der Waals surface area contributed by atoms with Crippen LogP contribution < -0.4 is 5.43 Å². The van der Waals surface area contributed by atoms with Gasteiger partial charge in [0.2, 0.25) is 0 Å². The van der Waals surface area contributed by atoms with Gasteiger partial charge in [0.25, 0.3) is 5.91 Å². The van der Waals surface area contributed by atoms with E-state index in [2.05, 4.69) is 10.5 Å². The van der Waals surface area contributed by atoms with E-state index in [4.69, 9.17) is 0 Å². The lowest BCUT2D eigenvalue weighted by atomic mass is 10.1. The van der Waals surface area contributed by atoms with Crippen molar-refractivity contribution in [1.82, 2.24) is 5.43 Å². The zero-order valence-electron chi connectivity index (χ0n) is 10.9. The van der Waals surface area contributed by atoms with Crippen molar-refractivity contribution in [3.63, 3.8) is 0 Å². The smallest absolute Gasteiger partial charge is 0.273 e. The van der Waals surface area contributed by atoms with Crippen LogP contribution in [0.5, 0.6) is 5.75 Å². The fourth-order valence-electron chi connectivity index (χ4n) is 1.62. The third-order valence-electron chi connectivity index (χ3n) is 2.72. The zero-order valence-corrected chi connectivity index (χ0v) is 13.1. The monoisotopic (exact) mass is 396 g/mol. The number of nitrogens with one attached hydrogen (secondary N) is 1. The summed E-state index contributed by atoms with van der Waals surface area (Å²) in [5, 5.41) is 23.0. The van der Waals surface area contributed by atoms with E-state index in [1.807, 2.05) is 22.6 Å². The lowest BCUT2D eigenvalue weighted by Gasteiger charge is -2.08. The minimum atomic E-state index is -1.26. The summed E-state index contributed by atoms with van der Waals surface area (Å²) in [7, 11) is 0. The van der Waals surface area contributed by atoms with Gasteiger partial charge in [0.1, 0.15) is 5.75 Å². The van der Waals surface area contributed by atoms with E-state index in [1.54, 1.807) is 48.5 Å². The van der Waals surface area contributed by atoms with Gasteiger partial charge >= 0.3 is 0 Å². The van der Waals surface area contributed by atoms with Crippen molar-refractivity contribution in [2.24, 2.45) is 5.10 Å². The number of hydrogen-bond donors (Lipinski definition) is 3. The van der Waals surface area contributed by atoms with Crippen LogP contribution in [-0.2, 0) is 4.79 Å². The molecule has 6 heteroatoms. The van der Waals surface area contributed by atoms with Crippen LogP contribution in [0.25, 0.3) is 0 Å². The Kier molecular flexibility index (Phi) is 5.29. The molecule has 108 valence electrons. The molecule has 0 aliphatic heterocycles. The maximum absolute atomic E-state index is 11.7. The van der Waals surface area contributed by atoms with E-state index < -0.39 is 12.0 Å². The predicted octanol–water partition coefficient (Wildman–Crippen LogP) is 2.18. The molecule has 0 aliphatic rings. The summed E-state index contributed by atoms with van der Waals surface area (Å²) >= 11 is 1.99. The Hall–Kier alpha value is -1.93. The molecule has 0 aliphatic carbocycles. The number of aromatic hydroxyl groups is 1. The number of amides is 1. The van der Waals surface area contributed by atoms with Crippen molar-refractivity contribution in [2.75, 3.05) is 0 Å². The van der Waals surface area contributed by atoms with Crippen LogP contribution in [-0.4, -0.2) is 22.3 Å². The Morgan fingerprint density at radius 1 is 1.24 bits per heavy atom. The van der Waals surface area contributed by atoms with Gasteiger partial charge in [0.15, 0.2) is 6.10 Å². The molecule has 0 heterocycles. The van der Waals surface area contributed by atoms with Gasteiger partial charge in [-0.1, -0.05) is 30.3 Å². The number of halogens is 1. The van der Waals surface area contributed by atoms with Crippen molar-refractivity contribution < 1.29 is 15.0 Å². The Bertz CT molecular complexity index is 659. The molecule has 0 aromatic heterocycles. The van der Waals surface area contributed by atoms with Gasteiger partial charge in [-0.05, 0) is 51.9 Å². The molecule has 21 heavy (non-hydrogen) atoms. The molecule has 1 atom stereocenters. The summed E-state index contributed by atoms with van der Waals surface area (Å²) in [4.78, 5) is 11.7. The van der Waals surface area contributed by atoms with E-state index in [0.717, 1.165) is 5.56 Å². The second kappa shape index (κ2) is 7.19. The fraction of sp³-hybridized carbons (Fsp3) is 0.0667. The highest BCUT2D eigenvalue weighted by atomic mass is 127. The number of aliphatic hydroxyl groups is 1. The van der Waals surface area contributed by atoms with Crippen LogP contribution in [0.3, 0.4) is 0 Å². The minimum absolute atomic E-state index is 0.191. The van der Waals surface area contributed by atoms with Crippen molar-refractivity contribution in [3.8, 4) is 5.75 Å². The number of hydrogen-bond acceptors (Lipinski definition) is 4. The van der Waals surface area contributed by atoms with Crippen LogP contribution in [0.15, 0.2) is 53.6 Å². The van der Waals surface area contributed by atoms with Gasteiger partial charge in [0, 0.05) is 0 Å². The molecule has 2 rings (SSSR count). The first-order chi connectivity index (χ1) is 10.1. The topological polar surface area (TPSA) is 81.9 Å². The highest BCUT2D eigenvalue weighted by Crippen LogP contribution is 2.19. The van der Waals surface area contributed by atoms with Gasteiger partial charge in [-0.25, -0.2) is 5.43 Å². The highest BCUT2D eigenvalue weighted by molar-refractivity contribution is 14.1. The molecule has 1 unspecified atom stereocenters. The molecule has 0 saturated heterocycles. The van der Waals surface area contributed by atoms with E-state index >= 15 is 0 Å². The molecular formula is C15H13IN2O3. The van der Waals surface area contributed by atoms with Gasteiger partial charge in [-0.3, -0.25) is 4.79 Å². The molecular weight excluding hydrogens is 383 g/mol. The second-order valence-electron chi connectivity index (χ2n) is 4.26. The SMILES string of the molecule is O=C(N/N=C/c1ccc(O)c(I)c1)C(O)c1ccccc1. The molecule has 0 bridgehead atoms. The number of phenolic OH excluding ortho intramolecular Hbond substituents is 1. The molecule has 0 fully saturated rings. The largest absolute Gasteiger partial charge is 0.507 e. The van der Waals surface area contributed by atoms with Crippen molar-refractivity contribution in [1.29, 1.82) is 0 Å². The van der Waals surface area contributed by atoms with Crippen molar-refractivity contribution in [3.05, 3.63) is 63.2 Å². The number of carbonyl (C=O) groups excluding carboxylic acids is 1. The number of rotatable bonds is 4. The maximum atomic E-state index is 11.7. The molecule has 5 nitrogen and oxygen atoms in total. The normalized spacial score (nSPS) is 12.3. The third-order valence-corrected chi connectivity index (χ3v) is 3.59. The van der Waals surface area contributed by atoms with E-state index in [0.29, 0.717) is 9.13 Å². The van der Waals surface area contributed by atoms with Gasteiger partial charge < -0.3 is 10.2 Å². The predicted molar refractivity (Wildman–Crippen MR) is 88.0 cm³/mol. The summed E-state index contributed by atoms with van der Waals surface area (Å²) in [6, 6.07) is 13.6. The average molecular weight is 396 g/mol. The molecule has 0 saturated carbocycles. The van der Waals surface area contributed by atoms with Crippen LogP contribution >= 0.6 is 22.6 Å². The Labute approximate surface area is 135 Å². The van der Waals surface area contributed by atoms with Crippen molar-refractivity contribution >= 4 is 34.7 Å². The van der Waals surface area contributed by atoms with E-state index in [9.17, 15) is 15.0 Å². The lowest BCUT2D eigenvalue weighted by Crippen LogP contribution is -2.25. The Morgan fingerprint density at radius 2 is 1.95 bits per heavy atom. The summed E-state index contributed by atoms with van der Waals surface area (Å²) in [6.45, 7) is 0. The summed E-state index contributed by atoms with van der Waals surface area (Å²) in [6.07, 6.45) is 0.181. The quantitative estimate of drug-likeness (QED) is 0.421. The van der Waals surface area contributed by atoms with E-state index in [1.165, 1.54) is 6.21 Å². The average Bonchev–Trinajstić information content (AvgIpc) is 2.51. The highest BCUT2D eigenvalue weighted by Gasteiger charge is 2.15. The number of nitrogens with zero attached hydrogens (tertiary/aromatic N) is 1. The number of benzene rings is 2. The van der Waals surface area contributed by atoms with Gasteiger partial charge in [-0.15, -0.1) is 0 Å². The third kappa shape index (κ3) is 4.27. The molecule has 2 aromatic carbocycles. The fourth-order valence-corrected chi connectivity index (χ4v) is 2.16. The molecule has 2 aromatic rings. The van der Waals surface area contributed by atoms with Gasteiger partial charge in [-0.2, -0.15) is 5.10 Å². The van der Waals surface area contributed by atoms with Crippen LogP contribution in [0, 0.1) is 3.57 Å². The summed E-state index contributed by atoms with van der Waals surface area (Å²) in [5.41, 5.74) is 3.51. The van der Waals surface area contributed by atoms with Crippen LogP contribution in [0.2, 0.25) is 0 Å². The minimum Gasteiger partial charge on any atom is -0.507 e. The lowest BCUT2D eigenvalue weighted by molar-refractivity contribution is -0.129. The summed E-state index contributed by atoms with van der Waals surface area (Å²) < 4.78 is 0.687. The van der Waals surface area contributed by atoms with Crippen LogP contribution in [0.4, 0.5) is 0 Å². The number of hydrazone groups is 1. The molecule has 0 spiro atoms. The first kappa shape index (κ1) is 15.5. The number of carbonyl (C=O) groups is 1. The maximum Gasteiger partial charge on any atom is 0.273 e. The number of aliphatic hydroxyl groups excluding tert-OH is 1. The van der Waals surface area contributed by atoms with Gasteiger partial charge in [0.05, 0.1) is 9.78 Å². The summed E-state index contributed by atoms with van der Waals surface area (Å²) in [5.74, 6) is -0.415. The van der Waals surface area contributed by atoms with Crippen molar-refractivity contribution in [2.45, 2.75) is 6.10 Å². The first-order valence-corrected chi connectivity index (χ1v) is 7.20. The Morgan fingerprint density at radius 3 is 2.62 bits per heavy atom.